The molecule has 0 aliphatic heterocycles. The number of thiophene rings is 1. The molecule has 0 radical (unpaired) electrons. The molecule has 1 nitrogen and oxygen atoms in total. The molecule has 0 spiro atoms. The highest BCUT2D eigenvalue weighted by molar-refractivity contribution is 9.11. The van der Waals surface area contributed by atoms with Gasteiger partial charge in [0.25, 0.3) is 0 Å². The Morgan fingerprint density at radius 2 is 2.00 bits per heavy atom. The van der Waals surface area contributed by atoms with Crippen LogP contribution in [0.25, 0.3) is 0 Å². The van der Waals surface area contributed by atoms with Crippen LogP contribution in [-0.2, 0) is 6.42 Å². The maximum atomic E-state index is 3.67. The summed E-state index contributed by atoms with van der Waals surface area (Å²) in [5, 5.41) is 5.92. The van der Waals surface area contributed by atoms with Gasteiger partial charge in [0.15, 0.2) is 0 Å². The average Bonchev–Trinajstić information content (AvgIpc) is 2.85. The van der Waals surface area contributed by atoms with Crippen molar-refractivity contribution in [1.82, 2.24) is 5.32 Å². The second kappa shape index (κ2) is 7.39. The minimum Gasteiger partial charge on any atom is -0.310 e. The Kier molecular flexibility index (Phi) is 5.82. The molecule has 1 atom stereocenters. The Morgan fingerprint density at radius 3 is 2.60 bits per heavy atom. The first-order chi connectivity index (χ1) is 9.60. The number of nitrogens with one attached hydrogen (secondary N) is 1. The summed E-state index contributed by atoms with van der Waals surface area (Å²) in [4.78, 5) is 0. The highest BCUT2D eigenvalue weighted by atomic mass is 79.9. The Hall–Kier alpha value is -0.640. The molecule has 108 valence electrons. The van der Waals surface area contributed by atoms with Crippen LogP contribution in [-0.4, -0.2) is 6.54 Å². The van der Waals surface area contributed by atoms with Gasteiger partial charge in [-0.25, -0.2) is 0 Å². The molecule has 0 saturated heterocycles. The first-order valence-corrected chi connectivity index (χ1v) is 8.81. The van der Waals surface area contributed by atoms with Gasteiger partial charge >= 0.3 is 0 Å². The molecule has 1 aromatic carbocycles. The first-order valence-electron chi connectivity index (χ1n) is 7.13. The van der Waals surface area contributed by atoms with Crippen molar-refractivity contribution >= 4 is 27.3 Å². The maximum Gasteiger partial charge on any atom is 0.0701 e. The molecule has 1 heterocycles. The van der Waals surface area contributed by atoms with E-state index in [9.17, 15) is 0 Å². The third-order valence-electron chi connectivity index (χ3n) is 3.64. The highest BCUT2D eigenvalue weighted by Crippen LogP contribution is 2.28. The standard InChI is InChI=1S/C17H22BrNS/c1-4-7-19-16(15-10-17(18)20-11-15)9-14-6-5-12(2)13(3)8-14/h5-6,8,10-11,16,19H,4,7,9H2,1-3H3. The number of benzene rings is 1. The lowest BCUT2D eigenvalue weighted by molar-refractivity contribution is 0.530. The minimum atomic E-state index is 0.402. The van der Waals surface area contributed by atoms with E-state index in [1.54, 1.807) is 11.3 Å². The molecule has 1 aromatic heterocycles. The quantitative estimate of drug-likeness (QED) is 0.733. The number of hydrogen-bond acceptors (Lipinski definition) is 2. The van der Waals surface area contributed by atoms with Gasteiger partial charge in [0.1, 0.15) is 0 Å². The van der Waals surface area contributed by atoms with Crippen molar-refractivity contribution in [3.8, 4) is 0 Å². The summed E-state index contributed by atoms with van der Waals surface area (Å²) in [6.07, 6.45) is 2.21. The van der Waals surface area contributed by atoms with Gasteiger partial charge in [0.05, 0.1) is 3.79 Å². The summed E-state index contributed by atoms with van der Waals surface area (Å²) in [5.74, 6) is 0. The SMILES string of the molecule is CCCNC(Cc1ccc(C)c(C)c1)c1csc(Br)c1. The monoisotopic (exact) mass is 351 g/mol. The molecule has 1 unspecified atom stereocenters. The zero-order valence-corrected chi connectivity index (χ0v) is 14.8. The molecular formula is C17H22BrNS. The molecule has 2 rings (SSSR count). The Labute approximate surface area is 134 Å². The lowest BCUT2D eigenvalue weighted by atomic mass is 9.98. The van der Waals surface area contributed by atoms with Crippen molar-refractivity contribution in [1.29, 1.82) is 0 Å². The van der Waals surface area contributed by atoms with E-state index >= 15 is 0 Å². The van der Waals surface area contributed by atoms with Crippen molar-refractivity contribution in [2.24, 2.45) is 0 Å². The van der Waals surface area contributed by atoms with E-state index in [0.29, 0.717) is 6.04 Å². The van der Waals surface area contributed by atoms with E-state index in [0.717, 1.165) is 19.4 Å². The molecule has 0 amide bonds. The largest absolute Gasteiger partial charge is 0.310 e. The van der Waals surface area contributed by atoms with E-state index in [1.807, 2.05) is 0 Å². The molecule has 0 fully saturated rings. The summed E-state index contributed by atoms with van der Waals surface area (Å²) in [5.41, 5.74) is 5.53. The Balaban J connectivity index is 2.16. The molecule has 1 N–H and O–H groups in total. The third-order valence-corrected chi connectivity index (χ3v) is 5.16. The van der Waals surface area contributed by atoms with Crippen LogP contribution in [0.2, 0.25) is 0 Å². The summed E-state index contributed by atoms with van der Waals surface area (Å²) in [6.45, 7) is 7.63. The zero-order chi connectivity index (χ0) is 14.5. The lowest BCUT2D eigenvalue weighted by Gasteiger charge is -2.18. The molecule has 0 aliphatic rings. The predicted octanol–water partition coefficient (Wildman–Crippen LogP) is 5.41. The molecule has 0 aliphatic carbocycles. The topological polar surface area (TPSA) is 12.0 Å². The van der Waals surface area contributed by atoms with Crippen molar-refractivity contribution in [2.75, 3.05) is 6.54 Å². The van der Waals surface area contributed by atoms with Gasteiger partial charge in [-0.15, -0.1) is 11.3 Å². The van der Waals surface area contributed by atoms with Crippen LogP contribution >= 0.6 is 27.3 Å². The van der Waals surface area contributed by atoms with Crippen molar-refractivity contribution in [2.45, 2.75) is 39.7 Å². The summed E-state index contributed by atoms with van der Waals surface area (Å²) in [7, 11) is 0. The predicted molar refractivity (Wildman–Crippen MR) is 92.7 cm³/mol. The van der Waals surface area contributed by atoms with E-state index in [4.69, 9.17) is 0 Å². The van der Waals surface area contributed by atoms with Gasteiger partial charge < -0.3 is 5.32 Å². The van der Waals surface area contributed by atoms with E-state index in [2.05, 4.69) is 71.7 Å². The number of rotatable bonds is 6. The van der Waals surface area contributed by atoms with E-state index in [-0.39, 0.29) is 0 Å². The Morgan fingerprint density at radius 1 is 1.20 bits per heavy atom. The molecule has 20 heavy (non-hydrogen) atoms. The summed E-state index contributed by atoms with van der Waals surface area (Å²) >= 11 is 5.32. The van der Waals surface area contributed by atoms with E-state index < -0.39 is 0 Å². The normalized spacial score (nSPS) is 12.6. The van der Waals surface area contributed by atoms with Crippen LogP contribution in [0.15, 0.2) is 33.4 Å². The first kappa shape index (κ1) is 15.7. The third kappa shape index (κ3) is 4.18. The van der Waals surface area contributed by atoms with Gasteiger partial charge in [-0.3, -0.25) is 0 Å². The smallest absolute Gasteiger partial charge is 0.0701 e. The highest BCUT2D eigenvalue weighted by Gasteiger charge is 2.13. The second-order valence-electron chi connectivity index (χ2n) is 5.31. The second-order valence-corrected chi connectivity index (χ2v) is 7.60. The van der Waals surface area contributed by atoms with Gasteiger partial charge in [0, 0.05) is 6.04 Å². The molecule has 3 heteroatoms. The molecule has 2 aromatic rings. The molecule has 0 bridgehead atoms. The summed E-state index contributed by atoms with van der Waals surface area (Å²) in [6, 6.07) is 9.44. The Bertz CT molecular complexity index is 562. The minimum absolute atomic E-state index is 0.402. The maximum absolute atomic E-state index is 3.67. The fourth-order valence-corrected chi connectivity index (χ4v) is 3.53. The van der Waals surface area contributed by atoms with Crippen LogP contribution in [0.3, 0.4) is 0 Å². The van der Waals surface area contributed by atoms with Crippen molar-refractivity contribution in [3.63, 3.8) is 0 Å². The zero-order valence-electron chi connectivity index (χ0n) is 12.4. The number of halogens is 1. The van der Waals surface area contributed by atoms with E-state index in [1.165, 1.54) is 26.0 Å². The van der Waals surface area contributed by atoms with Crippen LogP contribution < -0.4 is 5.32 Å². The molecular weight excluding hydrogens is 330 g/mol. The van der Waals surface area contributed by atoms with Gasteiger partial charge in [-0.1, -0.05) is 25.1 Å². The van der Waals surface area contributed by atoms with Crippen molar-refractivity contribution in [3.05, 3.63) is 55.7 Å². The van der Waals surface area contributed by atoms with Crippen LogP contribution in [0.5, 0.6) is 0 Å². The van der Waals surface area contributed by atoms with Crippen LogP contribution in [0, 0.1) is 13.8 Å². The van der Waals surface area contributed by atoms with Gasteiger partial charge in [0.2, 0.25) is 0 Å². The lowest BCUT2D eigenvalue weighted by Crippen LogP contribution is -2.23. The van der Waals surface area contributed by atoms with Crippen molar-refractivity contribution < 1.29 is 0 Å². The summed E-state index contributed by atoms with van der Waals surface area (Å²) < 4.78 is 1.20. The fraction of sp³-hybridized carbons (Fsp3) is 0.412. The van der Waals surface area contributed by atoms with Crippen LogP contribution in [0.1, 0.15) is 41.6 Å². The van der Waals surface area contributed by atoms with Crippen LogP contribution in [0.4, 0.5) is 0 Å². The number of hydrogen-bond donors (Lipinski definition) is 1. The van der Waals surface area contributed by atoms with Gasteiger partial charge in [-0.05, 0) is 82.9 Å². The fourth-order valence-electron chi connectivity index (χ4n) is 2.30. The van der Waals surface area contributed by atoms with Gasteiger partial charge in [-0.2, -0.15) is 0 Å². The molecule has 0 saturated carbocycles. The number of aryl methyl sites for hydroxylation is 2. The average molecular weight is 352 g/mol.